The molecule has 0 unspecified atom stereocenters. The molecule has 0 spiro atoms. The van der Waals surface area contributed by atoms with E-state index < -0.39 is 10.8 Å². The summed E-state index contributed by atoms with van der Waals surface area (Å²) in [5.41, 5.74) is 0.751. The molecule has 0 saturated carbocycles. The average Bonchev–Trinajstić information content (AvgIpc) is 2.80. The molecule has 0 heterocycles. The van der Waals surface area contributed by atoms with E-state index >= 15 is 0 Å². The van der Waals surface area contributed by atoms with Crippen LogP contribution in [0.5, 0.6) is 5.75 Å². The Bertz CT molecular complexity index is 966. The molecule has 2 amide bonds. The van der Waals surface area contributed by atoms with Crippen molar-refractivity contribution in [1.29, 1.82) is 0 Å². The molecular weight excluding hydrogens is 410 g/mol. The van der Waals surface area contributed by atoms with Crippen LogP contribution in [-0.2, 0) is 4.79 Å². The Balaban J connectivity index is 2.28. The molecule has 0 atom stereocenters. The first-order valence-corrected chi connectivity index (χ1v) is 10.7. The molecule has 0 aliphatic carbocycles. The van der Waals surface area contributed by atoms with E-state index in [9.17, 15) is 19.7 Å². The number of carbonyl (C=O) groups excluding carboxylic acids is 2. The van der Waals surface area contributed by atoms with E-state index in [0.717, 1.165) is 12.8 Å². The average molecular weight is 440 g/mol. The molecule has 2 aromatic carbocycles. The van der Waals surface area contributed by atoms with Crippen LogP contribution in [0.4, 0.5) is 5.69 Å². The molecule has 0 saturated heterocycles. The first-order chi connectivity index (χ1) is 15.4. The molecule has 170 valence electrons. The summed E-state index contributed by atoms with van der Waals surface area (Å²) in [6.45, 7) is 7.28. The van der Waals surface area contributed by atoms with E-state index in [2.05, 4.69) is 12.2 Å². The summed E-state index contributed by atoms with van der Waals surface area (Å²) in [7, 11) is 0. The number of unbranched alkanes of at least 4 members (excludes halogenated alkanes) is 1. The smallest absolute Gasteiger partial charge is 0.270 e. The highest BCUT2D eigenvalue weighted by Gasteiger charge is 2.19. The van der Waals surface area contributed by atoms with Gasteiger partial charge in [-0.2, -0.15) is 0 Å². The van der Waals surface area contributed by atoms with Gasteiger partial charge in [0.2, 0.25) is 0 Å². The summed E-state index contributed by atoms with van der Waals surface area (Å²) in [6.07, 6.45) is 3.43. The van der Waals surface area contributed by atoms with Crippen LogP contribution in [0.1, 0.15) is 49.5 Å². The maximum absolute atomic E-state index is 13.0. The van der Waals surface area contributed by atoms with Gasteiger partial charge >= 0.3 is 0 Å². The molecule has 0 aliphatic rings. The zero-order valence-corrected chi connectivity index (χ0v) is 18.7. The van der Waals surface area contributed by atoms with Crippen molar-refractivity contribution in [2.24, 2.45) is 0 Å². The number of rotatable bonds is 11. The molecular formula is C24H29N3O5. The maximum atomic E-state index is 13.0. The number of nitro benzene ring substituents is 1. The standard InChI is InChI=1S/C24H29N3O5/c1-4-7-15-32-21-13-11-19(12-14-21)23(28)25-22(24(29)26(5-2)6-3)17-18-9-8-10-20(16-18)27(30)31/h8-14,16-17H,4-7,15H2,1-3H3,(H,25,28). The number of carbonyl (C=O) groups is 2. The molecule has 0 aliphatic heterocycles. The fourth-order valence-electron chi connectivity index (χ4n) is 2.96. The van der Waals surface area contributed by atoms with Gasteiger partial charge < -0.3 is 15.0 Å². The van der Waals surface area contributed by atoms with Crippen molar-refractivity contribution in [2.45, 2.75) is 33.6 Å². The lowest BCUT2D eigenvalue weighted by Gasteiger charge is -2.21. The first-order valence-electron chi connectivity index (χ1n) is 10.7. The number of hydrogen-bond acceptors (Lipinski definition) is 5. The highest BCUT2D eigenvalue weighted by atomic mass is 16.6. The number of ether oxygens (including phenoxy) is 1. The third-order valence-electron chi connectivity index (χ3n) is 4.80. The van der Waals surface area contributed by atoms with Crippen LogP contribution in [0, 0.1) is 10.1 Å². The molecule has 0 radical (unpaired) electrons. The Labute approximate surface area is 188 Å². The largest absolute Gasteiger partial charge is 0.494 e. The van der Waals surface area contributed by atoms with Crippen molar-refractivity contribution >= 4 is 23.6 Å². The minimum atomic E-state index is -0.508. The number of likely N-dealkylation sites (N-methyl/N-ethyl adjacent to an activating group) is 1. The normalized spacial score (nSPS) is 11.0. The highest BCUT2D eigenvalue weighted by molar-refractivity contribution is 6.05. The lowest BCUT2D eigenvalue weighted by atomic mass is 10.1. The molecule has 1 N–H and O–H groups in total. The van der Waals surface area contributed by atoms with E-state index in [4.69, 9.17) is 4.74 Å². The summed E-state index contributed by atoms with van der Waals surface area (Å²) < 4.78 is 5.61. The van der Waals surface area contributed by atoms with E-state index in [-0.39, 0.29) is 17.3 Å². The zero-order valence-electron chi connectivity index (χ0n) is 18.7. The van der Waals surface area contributed by atoms with Gasteiger partial charge in [-0.25, -0.2) is 0 Å². The zero-order chi connectivity index (χ0) is 23.5. The van der Waals surface area contributed by atoms with Crippen LogP contribution in [-0.4, -0.2) is 41.3 Å². The lowest BCUT2D eigenvalue weighted by Crippen LogP contribution is -2.38. The lowest BCUT2D eigenvalue weighted by molar-refractivity contribution is -0.384. The van der Waals surface area contributed by atoms with E-state index in [1.807, 2.05) is 13.8 Å². The maximum Gasteiger partial charge on any atom is 0.270 e. The van der Waals surface area contributed by atoms with Crippen molar-refractivity contribution in [2.75, 3.05) is 19.7 Å². The SMILES string of the molecule is CCCCOc1ccc(C(=O)NC(=Cc2cccc([N+](=O)[O-])c2)C(=O)N(CC)CC)cc1. The van der Waals surface area contributed by atoms with E-state index in [1.165, 1.54) is 24.3 Å². The number of amides is 2. The Morgan fingerprint density at radius 1 is 1.09 bits per heavy atom. The number of benzene rings is 2. The van der Waals surface area contributed by atoms with Gasteiger partial charge in [0.05, 0.1) is 11.5 Å². The predicted molar refractivity (Wildman–Crippen MR) is 123 cm³/mol. The van der Waals surface area contributed by atoms with Gasteiger partial charge in [0.25, 0.3) is 17.5 Å². The minimum Gasteiger partial charge on any atom is -0.494 e. The fraction of sp³-hybridized carbons (Fsp3) is 0.333. The minimum absolute atomic E-state index is 0.0440. The second-order valence-corrected chi connectivity index (χ2v) is 7.07. The van der Waals surface area contributed by atoms with Crippen LogP contribution in [0.15, 0.2) is 54.2 Å². The fourth-order valence-corrected chi connectivity index (χ4v) is 2.96. The topological polar surface area (TPSA) is 102 Å². The monoisotopic (exact) mass is 439 g/mol. The number of nitrogens with one attached hydrogen (secondary N) is 1. The van der Waals surface area contributed by atoms with Gasteiger partial charge in [-0.1, -0.05) is 25.5 Å². The predicted octanol–water partition coefficient (Wildman–Crippen LogP) is 4.41. The van der Waals surface area contributed by atoms with Crippen LogP contribution in [0.2, 0.25) is 0 Å². The van der Waals surface area contributed by atoms with Crippen molar-refractivity contribution in [3.63, 3.8) is 0 Å². The summed E-state index contributed by atoms with van der Waals surface area (Å²) in [6, 6.07) is 12.6. The number of hydrogen-bond donors (Lipinski definition) is 1. The molecule has 8 nitrogen and oxygen atoms in total. The summed E-state index contributed by atoms with van der Waals surface area (Å²) >= 11 is 0. The number of non-ortho nitro benzene ring substituents is 1. The van der Waals surface area contributed by atoms with Crippen LogP contribution in [0.3, 0.4) is 0 Å². The van der Waals surface area contributed by atoms with Crippen molar-refractivity contribution in [3.8, 4) is 5.75 Å². The third-order valence-corrected chi connectivity index (χ3v) is 4.80. The van der Waals surface area contributed by atoms with Gasteiger partial charge in [-0.05, 0) is 56.2 Å². The van der Waals surface area contributed by atoms with E-state index in [1.54, 1.807) is 35.2 Å². The number of nitro groups is 1. The van der Waals surface area contributed by atoms with Gasteiger partial charge in [0, 0.05) is 30.8 Å². The summed E-state index contributed by atoms with van der Waals surface area (Å²) in [4.78, 5) is 37.9. The molecule has 0 aromatic heterocycles. The summed E-state index contributed by atoms with van der Waals surface area (Å²) in [5.74, 6) is -0.154. The number of nitrogens with zero attached hydrogens (tertiary/aromatic N) is 2. The van der Waals surface area contributed by atoms with Crippen LogP contribution < -0.4 is 10.1 Å². The van der Waals surface area contributed by atoms with Crippen LogP contribution in [0.25, 0.3) is 6.08 Å². The highest BCUT2D eigenvalue weighted by Crippen LogP contribution is 2.17. The Morgan fingerprint density at radius 3 is 2.38 bits per heavy atom. The molecule has 32 heavy (non-hydrogen) atoms. The molecule has 8 heteroatoms. The quantitative estimate of drug-likeness (QED) is 0.242. The second kappa shape index (κ2) is 12.2. The Morgan fingerprint density at radius 2 is 1.78 bits per heavy atom. The van der Waals surface area contributed by atoms with Crippen molar-refractivity contribution in [3.05, 3.63) is 75.5 Å². The van der Waals surface area contributed by atoms with Gasteiger partial charge in [-0.3, -0.25) is 19.7 Å². The Hall–Kier alpha value is -3.68. The van der Waals surface area contributed by atoms with E-state index in [0.29, 0.717) is 36.6 Å². The van der Waals surface area contributed by atoms with Gasteiger partial charge in [0.1, 0.15) is 11.4 Å². The van der Waals surface area contributed by atoms with Gasteiger partial charge in [-0.15, -0.1) is 0 Å². The molecule has 2 aromatic rings. The van der Waals surface area contributed by atoms with Crippen molar-refractivity contribution < 1.29 is 19.2 Å². The molecule has 2 rings (SSSR count). The first kappa shape index (κ1) is 24.6. The third kappa shape index (κ3) is 6.94. The molecule has 0 bridgehead atoms. The van der Waals surface area contributed by atoms with Crippen molar-refractivity contribution in [1.82, 2.24) is 10.2 Å². The second-order valence-electron chi connectivity index (χ2n) is 7.07. The van der Waals surface area contributed by atoms with Crippen LogP contribution >= 0.6 is 0 Å². The Kier molecular flexibility index (Phi) is 9.41. The van der Waals surface area contributed by atoms with Gasteiger partial charge in [0.15, 0.2) is 0 Å². The summed E-state index contributed by atoms with van der Waals surface area (Å²) in [5, 5.41) is 13.7. The molecule has 0 fully saturated rings.